The molecule has 0 atom stereocenters. The lowest BCUT2D eigenvalue weighted by molar-refractivity contribution is -0.158. The largest absolute Gasteiger partial charge is 0.257 e. The molecule has 15 heavy (non-hydrogen) atoms. The van der Waals surface area contributed by atoms with Gasteiger partial charge in [0.25, 0.3) is 0 Å². The number of thiophene rings is 1. The van der Waals surface area contributed by atoms with Crippen molar-refractivity contribution in [1.82, 2.24) is 5.06 Å². The van der Waals surface area contributed by atoms with Crippen LogP contribution < -0.4 is 0 Å². The smallest absolute Gasteiger partial charge is 0.160 e. The number of rotatable bonds is 1. The van der Waals surface area contributed by atoms with Crippen molar-refractivity contribution in [3.8, 4) is 0 Å². The molecule has 1 aromatic heterocycles. The lowest BCUT2D eigenvalue weighted by Gasteiger charge is -2.35. The number of amidine groups is 1. The molecule has 4 heteroatoms. The first-order valence-electron chi connectivity index (χ1n) is 4.96. The Morgan fingerprint density at radius 1 is 1.33 bits per heavy atom. The van der Waals surface area contributed by atoms with Gasteiger partial charge in [0.1, 0.15) is 0 Å². The first kappa shape index (κ1) is 10.6. The molecule has 1 radical (unpaired) electrons. The molecule has 0 spiro atoms. The van der Waals surface area contributed by atoms with Crippen LogP contribution in [0.1, 0.15) is 33.3 Å². The van der Waals surface area contributed by atoms with E-state index in [9.17, 15) is 5.21 Å². The van der Waals surface area contributed by atoms with Crippen LogP contribution >= 0.6 is 11.3 Å². The summed E-state index contributed by atoms with van der Waals surface area (Å²) >= 11 is 1.58. The second kappa shape index (κ2) is 3.06. The summed E-state index contributed by atoms with van der Waals surface area (Å²) in [6.45, 7) is 7.86. The van der Waals surface area contributed by atoms with Gasteiger partial charge in [-0.1, -0.05) is 5.21 Å². The molecule has 0 aliphatic carbocycles. The average Bonchev–Trinajstić information content (AvgIpc) is 2.69. The van der Waals surface area contributed by atoms with Crippen LogP contribution in [0.2, 0.25) is 0 Å². The predicted octanol–water partition coefficient (Wildman–Crippen LogP) is 2.71. The van der Waals surface area contributed by atoms with Gasteiger partial charge < -0.3 is 0 Å². The van der Waals surface area contributed by atoms with E-state index in [4.69, 9.17) is 0 Å². The zero-order valence-electron chi connectivity index (χ0n) is 9.44. The Morgan fingerprint density at radius 2 is 2.00 bits per heavy atom. The molecule has 0 saturated heterocycles. The van der Waals surface area contributed by atoms with Crippen LogP contribution in [0.3, 0.4) is 0 Å². The van der Waals surface area contributed by atoms with Crippen LogP contribution in [0.15, 0.2) is 21.8 Å². The molecule has 3 nitrogen and oxygen atoms in total. The summed E-state index contributed by atoms with van der Waals surface area (Å²) < 4.78 is 0. The molecule has 0 saturated carbocycles. The highest BCUT2D eigenvalue weighted by Gasteiger charge is 2.50. The highest BCUT2D eigenvalue weighted by Crippen LogP contribution is 2.38. The molecule has 2 rings (SSSR count). The number of nitrogens with zero attached hydrogens (tertiary/aromatic N) is 2. The maximum Gasteiger partial charge on any atom is 0.160 e. The Kier molecular flexibility index (Phi) is 2.17. The Labute approximate surface area is 94.0 Å². The molecule has 81 valence electrons. The van der Waals surface area contributed by atoms with Gasteiger partial charge in [-0.25, -0.2) is 0 Å². The van der Waals surface area contributed by atoms with Gasteiger partial charge in [-0.3, -0.25) is 4.99 Å². The van der Waals surface area contributed by atoms with Crippen molar-refractivity contribution >= 4 is 17.2 Å². The first-order chi connectivity index (χ1) is 6.86. The zero-order valence-corrected chi connectivity index (χ0v) is 10.3. The van der Waals surface area contributed by atoms with Crippen molar-refractivity contribution in [3.05, 3.63) is 22.4 Å². The number of hydrogen-bond acceptors (Lipinski definition) is 3. The third kappa shape index (κ3) is 1.40. The topological polar surface area (TPSA) is 35.5 Å². The van der Waals surface area contributed by atoms with E-state index < -0.39 is 5.54 Å². The summed E-state index contributed by atoms with van der Waals surface area (Å²) in [7, 11) is 0. The fourth-order valence-corrected chi connectivity index (χ4v) is 2.17. The summed E-state index contributed by atoms with van der Waals surface area (Å²) in [6, 6.07) is 1.94. The summed E-state index contributed by atoms with van der Waals surface area (Å²) in [5.74, 6) is 0.561. The molecule has 0 fully saturated rings. The molecule has 0 bridgehead atoms. The lowest BCUT2D eigenvalue weighted by atomic mass is 9.84. The van der Waals surface area contributed by atoms with Gasteiger partial charge in [0.2, 0.25) is 0 Å². The maximum atomic E-state index is 12.1. The molecule has 1 aliphatic heterocycles. The van der Waals surface area contributed by atoms with Crippen molar-refractivity contribution in [2.24, 2.45) is 4.99 Å². The van der Waals surface area contributed by atoms with E-state index in [0.717, 1.165) is 10.6 Å². The highest BCUT2D eigenvalue weighted by molar-refractivity contribution is 7.08. The minimum absolute atomic E-state index is 0.341. The van der Waals surface area contributed by atoms with E-state index in [-0.39, 0.29) is 5.54 Å². The van der Waals surface area contributed by atoms with Crippen molar-refractivity contribution < 1.29 is 5.21 Å². The van der Waals surface area contributed by atoms with E-state index >= 15 is 0 Å². The second-order valence-corrected chi connectivity index (χ2v) is 5.64. The molecule has 1 aliphatic rings. The molecule has 1 aromatic rings. The van der Waals surface area contributed by atoms with Crippen molar-refractivity contribution in [2.75, 3.05) is 0 Å². The van der Waals surface area contributed by atoms with E-state index in [0.29, 0.717) is 5.84 Å². The monoisotopic (exact) mass is 223 g/mol. The fourth-order valence-electron chi connectivity index (χ4n) is 1.53. The summed E-state index contributed by atoms with van der Waals surface area (Å²) in [5, 5.41) is 17.1. The van der Waals surface area contributed by atoms with Gasteiger partial charge in [0, 0.05) is 10.9 Å². The lowest BCUT2D eigenvalue weighted by Crippen LogP contribution is -2.50. The third-order valence-electron chi connectivity index (χ3n) is 3.36. The van der Waals surface area contributed by atoms with Crippen LogP contribution in [0.25, 0.3) is 0 Å². The average molecular weight is 223 g/mol. The number of hydroxylamine groups is 2. The van der Waals surface area contributed by atoms with Crippen LogP contribution in [0, 0.1) is 0 Å². The Hall–Kier alpha value is -0.870. The number of aliphatic imine (C=N–C) groups is 1. The minimum atomic E-state index is -0.482. The van der Waals surface area contributed by atoms with Crippen LogP contribution in [-0.2, 0) is 5.21 Å². The normalized spacial score (nSPS) is 23.0. The van der Waals surface area contributed by atoms with Crippen molar-refractivity contribution in [2.45, 2.75) is 38.8 Å². The molecular weight excluding hydrogens is 208 g/mol. The third-order valence-corrected chi connectivity index (χ3v) is 4.05. The highest BCUT2D eigenvalue weighted by atomic mass is 32.1. The Balaban J connectivity index is 2.46. The molecule has 0 amide bonds. The minimum Gasteiger partial charge on any atom is -0.257 e. The van der Waals surface area contributed by atoms with Crippen LogP contribution in [-0.4, -0.2) is 22.0 Å². The molecule has 0 unspecified atom stereocenters. The van der Waals surface area contributed by atoms with Crippen molar-refractivity contribution in [3.63, 3.8) is 0 Å². The van der Waals surface area contributed by atoms with Gasteiger partial charge >= 0.3 is 0 Å². The van der Waals surface area contributed by atoms with Crippen LogP contribution in [0.5, 0.6) is 0 Å². The van der Waals surface area contributed by atoms with E-state index in [1.54, 1.807) is 11.3 Å². The van der Waals surface area contributed by atoms with E-state index in [2.05, 4.69) is 4.99 Å². The predicted molar refractivity (Wildman–Crippen MR) is 61.5 cm³/mol. The quantitative estimate of drug-likeness (QED) is 0.721. The second-order valence-electron chi connectivity index (χ2n) is 4.86. The van der Waals surface area contributed by atoms with Crippen molar-refractivity contribution in [1.29, 1.82) is 0 Å². The van der Waals surface area contributed by atoms with Gasteiger partial charge in [-0.15, -0.1) is 0 Å². The molecule has 2 heterocycles. The van der Waals surface area contributed by atoms with Crippen LogP contribution in [0.4, 0.5) is 0 Å². The molecule has 0 N–H and O–H groups in total. The maximum absolute atomic E-state index is 12.1. The Bertz CT molecular complexity index is 393. The number of hydrogen-bond donors (Lipinski definition) is 0. The van der Waals surface area contributed by atoms with E-state index in [1.165, 1.54) is 0 Å². The fraction of sp³-hybridized carbons (Fsp3) is 0.545. The SMILES string of the molecule is CC1(C)N=C(c2ccsc2)N([O])C1(C)C. The van der Waals surface area contributed by atoms with E-state index in [1.807, 2.05) is 44.5 Å². The van der Waals surface area contributed by atoms with Gasteiger partial charge in [0.05, 0.1) is 11.1 Å². The van der Waals surface area contributed by atoms with Gasteiger partial charge in [-0.2, -0.15) is 16.4 Å². The summed E-state index contributed by atoms with van der Waals surface area (Å²) in [6.07, 6.45) is 0. The first-order valence-corrected chi connectivity index (χ1v) is 5.90. The van der Waals surface area contributed by atoms with Gasteiger partial charge in [-0.05, 0) is 39.1 Å². The summed E-state index contributed by atoms with van der Waals surface area (Å²) in [4.78, 5) is 4.53. The summed E-state index contributed by atoms with van der Waals surface area (Å²) in [5.41, 5.74) is 0.102. The molecular formula is C11H15N2OS. The van der Waals surface area contributed by atoms with Gasteiger partial charge in [0.15, 0.2) is 5.84 Å². The zero-order chi connectivity index (χ0) is 11.3. The molecule has 0 aromatic carbocycles. The Morgan fingerprint density at radius 3 is 2.40 bits per heavy atom. The standard InChI is InChI=1S/C11H15N2OS/c1-10(2)11(3,4)13(14)9(12-10)8-5-6-15-7-8/h5-7H,1-4H3.